The molecule has 1 aliphatic rings. The number of thiazole rings is 1. The molecule has 1 aromatic carbocycles. The summed E-state index contributed by atoms with van der Waals surface area (Å²) in [5.41, 5.74) is 1.77. The topological polar surface area (TPSA) is 63.7 Å². The number of benzene rings is 1. The minimum Gasteiger partial charge on any atom is -0.493 e. The zero-order valence-electron chi connectivity index (χ0n) is 16.3. The first-order chi connectivity index (χ1) is 12.6. The predicted molar refractivity (Wildman–Crippen MR) is 118 cm³/mol. The molecule has 1 saturated heterocycles. The van der Waals surface area contributed by atoms with E-state index in [-0.39, 0.29) is 30.7 Å². The van der Waals surface area contributed by atoms with E-state index in [1.165, 1.54) is 11.3 Å². The van der Waals surface area contributed by atoms with E-state index in [1.807, 2.05) is 35.5 Å². The number of nitrogens with one attached hydrogen (secondary N) is 1. The number of nitrogens with zero attached hydrogens (tertiary/aromatic N) is 2. The SMILES string of the molecule is COc1ccc(-c2nc(CC(=O)N(C)C3CCNCC3)cs2)cc1OC.Cl.Cl. The second kappa shape index (κ2) is 11.5. The van der Waals surface area contributed by atoms with Crippen molar-refractivity contribution in [2.45, 2.75) is 25.3 Å². The van der Waals surface area contributed by atoms with Crippen LogP contribution < -0.4 is 14.8 Å². The predicted octanol–water partition coefficient (Wildman–Crippen LogP) is 3.42. The van der Waals surface area contributed by atoms with Gasteiger partial charge >= 0.3 is 0 Å². The molecule has 1 fully saturated rings. The molecular weight excluding hydrogens is 421 g/mol. The van der Waals surface area contributed by atoms with Crippen molar-refractivity contribution < 1.29 is 14.3 Å². The molecule has 0 saturated carbocycles. The summed E-state index contributed by atoms with van der Waals surface area (Å²) >= 11 is 1.54. The summed E-state index contributed by atoms with van der Waals surface area (Å²) in [5.74, 6) is 1.48. The zero-order chi connectivity index (χ0) is 18.5. The fourth-order valence-corrected chi connectivity index (χ4v) is 3.98. The van der Waals surface area contributed by atoms with Gasteiger partial charge in [-0.2, -0.15) is 0 Å². The summed E-state index contributed by atoms with van der Waals surface area (Å²) in [6, 6.07) is 6.05. The van der Waals surface area contributed by atoms with E-state index in [9.17, 15) is 4.79 Å². The van der Waals surface area contributed by atoms with Crippen LogP contribution >= 0.6 is 36.2 Å². The van der Waals surface area contributed by atoms with E-state index in [0.717, 1.165) is 42.2 Å². The Kier molecular flexibility index (Phi) is 10.0. The van der Waals surface area contributed by atoms with Crippen LogP contribution in [0.2, 0.25) is 0 Å². The maximum atomic E-state index is 12.6. The van der Waals surface area contributed by atoms with Crippen LogP contribution in [0.1, 0.15) is 18.5 Å². The van der Waals surface area contributed by atoms with E-state index in [2.05, 4.69) is 10.3 Å². The Morgan fingerprint density at radius 2 is 1.89 bits per heavy atom. The molecule has 156 valence electrons. The standard InChI is InChI=1S/C19H25N3O3S.2ClH/c1-22(15-6-8-20-9-7-15)18(23)11-14-12-26-19(21-14)13-4-5-16(24-2)17(10-13)25-3;;/h4-5,10,12,15,20H,6-9,11H2,1-3H3;2*1H. The summed E-state index contributed by atoms with van der Waals surface area (Å²) < 4.78 is 10.6. The van der Waals surface area contributed by atoms with Gasteiger partial charge in [0, 0.05) is 24.0 Å². The summed E-state index contributed by atoms with van der Waals surface area (Å²) in [6.07, 6.45) is 2.36. The largest absolute Gasteiger partial charge is 0.493 e. The highest BCUT2D eigenvalue weighted by molar-refractivity contribution is 7.13. The first kappa shape index (κ1) is 24.5. The monoisotopic (exact) mass is 447 g/mol. The molecular formula is C19H27Cl2N3O3S. The quantitative estimate of drug-likeness (QED) is 0.734. The normalized spacial score (nSPS) is 13.8. The van der Waals surface area contributed by atoms with Crippen LogP contribution in [0.25, 0.3) is 10.6 Å². The van der Waals surface area contributed by atoms with Crippen molar-refractivity contribution in [3.05, 3.63) is 29.3 Å². The molecule has 1 amide bonds. The van der Waals surface area contributed by atoms with Crippen LogP contribution in [0, 0.1) is 0 Å². The number of halogens is 2. The number of hydrogen-bond donors (Lipinski definition) is 1. The van der Waals surface area contributed by atoms with Crippen LogP contribution in [-0.2, 0) is 11.2 Å². The first-order valence-corrected chi connectivity index (χ1v) is 9.63. The Balaban J connectivity index is 0.00000196. The highest BCUT2D eigenvalue weighted by atomic mass is 35.5. The van der Waals surface area contributed by atoms with E-state index in [4.69, 9.17) is 9.47 Å². The van der Waals surface area contributed by atoms with Gasteiger partial charge in [-0.15, -0.1) is 36.2 Å². The number of hydrogen-bond acceptors (Lipinski definition) is 6. The van der Waals surface area contributed by atoms with Gasteiger partial charge in [-0.05, 0) is 44.1 Å². The molecule has 0 unspecified atom stereocenters. The lowest BCUT2D eigenvalue weighted by molar-refractivity contribution is -0.131. The van der Waals surface area contributed by atoms with Crippen molar-refractivity contribution in [3.63, 3.8) is 0 Å². The lowest BCUT2D eigenvalue weighted by Crippen LogP contribution is -2.44. The molecule has 0 bridgehead atoms. The fourth-order valence-electron chi connectivity index (χ4n) is 3.17. The molecule has 2 aromatic rings. The number of amides is 1. The average molecular weight is 448 g/mol. The van der Waals surface area contributed by atoms with Gasteiger partial charge in [0.25, 0.3) is 0 Å². The third-order valence-electron chi connectivity index (χ3n) is 4.76. The van der Waals surface area contributed by atoms with Gasteiger partial charge in [0.15, 0.2) is 11.5 Å². The number of methoxy groups -OCH3 is 2. The Morgan fingerprint density at radius 3 is 2.54 bits per heavy atom. The van der Waals surface area contributed by atoms with Gasteiger partial charge in [-0.25, -0.2) is 4.98 Å². The van der Waals surface area contributed by atoms with Crippen LogP contribution in [0.15, 0.2) is 23.6 Å². The summed E-state index contributed by atoms with van der Waals surface area (Å²) in [7, 11) is 5.13. The molecule has 0 radical (unpaired) electrons. The van der Waals surface area contributed by atoms with E-state index in [0.29, 0.717) is 24.0 Å². The van der Waals surface area contributed by atoms with Crippen molar-refractivity contribution in [1.82, 2.24) is 15.2 Å². The molecule has 1 N–H and O–H groups in total. The van der Waals surface area contributed by atoms with Gasteiger partial charge in [-0.3, -0.25) is 4.79 Å². The third-order valence-corrected chi connectivity index (χ3v) is 5.70. The molecule has 6 nitrogen and oxygen atoms in total. The minimum atomic E-state index is 0. The summed E-state index contributed by atoms with van der Waals surface area (Å²) in [4.78, 5) is 19.1. The van der Waals surface area contributed by atoms with Gasteiger partial charge in [0.1, 0.15) is 5.01 Å². The van der Waals surface area contributed by atoms with Gasteiger partial charge < -0.3 is 19.7 Å². The number of carbonyl (C=O) groups is 1. The average Bonchev–Trinajstić information content (AvgIpc) is 3.15. The number of ether oxygens (including phenoxy) is 2. The van der Waals surface area contributed by atoms with Crippen LogP contribution in [0.4, 0.5) is 0 Å². The van der Waals surface area contributed by atoms with Crippen LogP contribution in [0.5, 0.6) is 11.5 Å². The summed E-state index contributed by atoms with van der Waals surface area (Å²) in [5, 5.41) is 6.16. The Morgan fingerprint density at radius 1 is 1.21 bits per heavy atom. The van der Waals surface area contributed by atoms with Gasteiger partial charge in [0.2, 0.25) is 5.91 Å². The lowest BCUT2D eigenvalue weighted by Gasteiger charge is -2.31. The fraction of sp³-hybridized carbons (Fsp3) is 0.474. The highest BCUT2D eigenvalue weighted by Crippen LogP contribution is 2.33. The van der Waals surface area contributed by atoms with Crippen molar-refractivity contribution >= 4 is 42.1 Å². The Bertz CT molecular complexity index is 767. The second-order valence-corrected chi connectivity index (χ2v) is 7.23. The number of piperidine rings is 1. The number of likely N-dealkylation sites (N-methyl/N-ethyl adjacent to an activating group) is 1. The maximum Gasteiger partial charge on any atom is 0.228 e. The smallest absolute Gasteiger partial charge is 0.228 e. The molecule has 9 heteroatoms. The Labute approximate surface area is 182 Å². The second-order valence-electron chi connectivity index (χ2n) is 6.38. The maximum absolute atomic E-state index is 12.6. The van der Waals surface area contributed by atoms with Crippen molar-refractivity contribution in [3.8, 4) is 22.1 Å². The molecule has 28 heavy (non-hydrogen) atoms. The van der Waals surface area contributed by atoms with Crippen molar-refractivity contribution in [2.24, 2.45) is 0 Å². The first-order valence-electron chi connectivity index (χ1n) is 8.75. The molecule has 1 aliphatic heterocycles. The molecule has 1 aromatic heterocycles. The molecule has 3 rings (SSSR count). The van der Waals surface area contributed by atoms with Crippen LogP contribution in [-0.4, -0.2) is 56.2 Å². The lowest BCUT2D eigenvalue weighted by atomic mass is 10.0. The summed E-state index contributed by atoms with van der Waals surface area (Å²) in [6.45, 7) is 1.95. The molecule has 0 aliphatic carbocycles. The number of carbonyl (C=O) groups excluding carboxylic acids is 1. The number of rotatable bonds is 6. The van der Waals surface area contributed by atoms with Gasteiger partial charge in [-0.1, -0.05) is 0 Å². The van der Waals surface area contributed by atoms with Gasteiger partial charge in [0.05, 0.1) is 26.3 Å². The van der Waals surface area contributed by atoms with Crippen molar-refractivity contribution in [2.75, 3.05) is 34.4 Å². The Hall–Kier alpha value is -1.54. The van der Waals surface area contributed by atoms with E-state index >= 15 is 0 Å². The molecule has 2 heterocycles. The third kappa shape index (κ3) is 5.73. The minimum absolute atomic E-state index is 0. The zero-order valence-corrected chi connectivity index (χ0v) is 18.7. The highest BCUT2D eigenvalue weighted by Gasteiger charge is 2.22. The van der Waals surface area contributed by atoms with Crippen LogP contribution in [0.3, 0.4) is 0 Å². The molecule has 0 spiro atoms. The van der Waals surface area contributed by atoms with E-state index < -0.39 is 0 Å². The van der Waals surface area contributed by atoms with E-state index in [1.54, 1.807) is 14.2 Å². The molecule has 0 atom stereocenters. The number of aromatic nitrogens is 1. The van der Waals surface area contributed by atoms with Crippen molar-refractivity contribution in [1.29, 1.82) is 0 Å².